The molecule has 0 aliphatic rings. The lowest BCUT2D eigenvalue weighted by Gasteiger charge is -2.24. The van der Waals surface area contributed by atoms with Crippen LogP contribution in [0.4, 0.5) is 18.9 Å². The van der Waals surface area contributed by atoms with Crippen molar-refractivity contribution in [3.05, 3.63) is 113 Å². The van der Waals surface area contributed by atoms with Crippen molar-refractivity contribution in [2.45, 2.75) is 31.8 Å². The highest BCUT2D eigenvalue weighted by molar-refractivity contribution is 7.92. The second kappa shape index (κ2) is 11.4. The Balaban J connectivity index is 1.60. The van der Waals surface area contributed by atoms with Gasteiger partial charge in [-0.05, 0) is 69.3 Å². The van der Waals surface area contributed by atoms with Crippen LogP contribution in [0.15, 0.2) is 94.9 Å². The molecule has 4 aromatic rings. The minimum Gasteiger partial charge on any atom is -0.318 e. The Morgan fingerprint density at radius 3 is 2.27 bits per heavy atom. The number of hydrogen-bond acceptors (Lipinski definition) is 4. The van der Waals surface area contributed by atoms with Crippen LogP contribution in [-0.2, 0) is 21.0 Å². The second-order valence-electron chi connectivity index (χ2n) is 9.16. The maximum absolute atomic E-state index is 13.5. The maximum atomic E-state index is 13.5. The van der Waals surface area contributed by atoms with E-state index in [0.29, 0.717) is 10.4 Å². The molecule has 40 heavy (non-hydrogen) atoms. The van der Waals surface area contributed by atoms with Crippen molar-refractivity contribution in [1.29, 1.82) is 0 Å². The first-order chi connectivity index (χ1) is 18.9. The van der Waals surface area contributed by atoms with Crippen molar-refractivity contribution in [1.82, 2.24) is 9.99 Å². The molecular formula is C29H27F3N4O3S. The van der Waals surface area contributed by atoms with Gasteiger partial charge in [0.25, 0.3) is 15.9 Å². The number of sulfonamides is 1. The quantitative estimate of drug-likeness (QED) is 0.217. The topological polar surface area (TPSA) is 83.8 Å². The van der Waals surface area contributed by atoms with E-state index >= 15 is 0 Å². The fraction of sp³-hybridized carbons (Fsp3) is 0.172. The molecule has 0 aliphatic heterocycles. The maximum Gasteiger partial charge on any atom is 0.416 e. The Kier molecular flexibility index (Phi) is 8.15. The lowest BCUT2D eigenvalue weighted by atomic mass is 10.2. The number of carbonyl (C=O) groups is 1. The molecule has 0 unspecified atom stereocenters. The molecule has 0 bridgehead atoms. The first-order valence-electron chi connectivity index (χ1n) is 12.2. The Labute approximate surface area is 230 Å². The van der Waals surface area contributed by atoms with E-state index in [9.17, 15) is 26.4 Å². The molecule has 11 heteroatoms. The van der Waals surface area contributed by atoms with Gasteiger partial charge in [-0.25, -0.2) is 13.8 Å². The van der Waals surface area contributed by atoms with E-state index in [-0.39, 0.29) is 10.6 Å². The van der Waals surface area contributed by atoms with Gasteiger partial charge < -0.3 is 4.57 Å². The smallest absolute Gasteiger partial charge is 0.318 e. The van der Waals surface area contributed by atoms with Gasteiger partial charge in [0.2, 0.25) is 0 Å². The summed E-state index contributed by atoms with van der Waals surface area (Å²) in [5.74, 6) is -0.832. The number of rotatable bonds is 8. The van der Waals surface area contributed by atoms with Crippen molar-refractivity contribution < 1.29 is 26.4 Å². The standard InChI is InChI=1S/C29H27F3N4O3S/c1-20-12-14-27(15-13-20)40(38,39)35(26-11-7-8-24(17-26)29(30,31)32)19-28(37)34-33-18-23-16-21(2)36(22(23)3)25-9-5-4-6-10-25/h4-18H,19H2,1-3H3,(H,34,37)/b33-18-. The molecule has 1 heterocycles. The van der Waals surface area contributed by atoms with Crippen LogP contribution in [0.2, 0.25) is 0 Å². The van der Waals surface area contributed by atoms with E-state index in [4.69, 9.17) is 0 Å². The van der Waals surface area contributed by atoms with Crippen molar-refractivity contribution in [2.24, 2.45) is 5.10 Å². The molecule has 208 valence electrons. The van der Waals surface area contributed by atoms with Crippen LogP contribution in [0, 0.1) is 20.8 Å². The highest BCUT2D eigenvalue weighted by Gasteiger charge is 2.33. The zero-order valence-electron chi connectivity index (χ0n) is 22.0. The zero-order chi connectivity index (χ0) is 29.1. The van der Waals surface area contributed by atoms with Gasteiger partial charge in [0, 0.05) is 22.6 Å². The van der Waals surface area contributed by atoms with Crippen LogP contribution in [0.25, 0.3) is 5.69 Å². The van der Waals surface area contributed by atoms with Gasteiger partial charge in [0.1, 0.15) is 6.54 Å². The second-order valence-corrected chi connectivity index (χ2v) is 11.0. The van der Waals surface area contributed by atoms with Crippen LogP contribution in [0.5, 0.6) is 0 Å². The van der Waals surface area contributed by atoms with Crippen molar-refractivity contribution in [2.75, 3.05) is 10.8 Å². The van der Waals surface area contributed by atoms with Gasteiger partial charge in [0.05, 0.1) is 22.4 Å². The molecule has 0 fully saturated rings. The molecule has 4 rings (SSSR count). The van der Waals surface area contributed by atoms with Crippen molar-refractivity contribution in [3.8, 4) is 5.69 Å². The Morgan fingerprint density at radius 1 is 0.950 bits per heavy atom. The summed E-state index contributed by atoms with van der Waals surface area (Å²) in [6, 6.07) is 21.2. The number of nitrogens with zero attached hydrogens (tertiary/aromatic N) is 3. The number of aromatic nitrogens is 1. The number of alkyl halides is 3. The highest BCUT2D eigenvalue weighted by atomic mass is 32.2. The van der Waals surface area contributed by atoms with Crippen LogP contribution in [-0.4, -0.2) is 31.7 Å². The van der Waals surface area contributed by atoms with Crippen LogP contribution in [0.1, 0.15) is 28.1 Å². The fourth-order valence-electron chi connectivity index (χ4n) is 4.22. The van der Waals surface area contributed by atoms with E-state index in [1.807, 2.05) is 54.8 Å². The Hall–Kier alpha value is -4.38. The molecule has 0 saturated heterocycles. The number of para-hydroxylation sites is 1. The van der Waals surface area contributed by atoms with Gasteiger partial charge in [-0.2, -0.15) is 18.3 Å². The normalized spacial score (nSPS) is 12.1. The van der Waals surface area contributed by atoms with E-state index < -0.39 is 34.2 Å². The first-order valence-corrected chi connectivity index (χ1v) is 13.6. The van der Waals surface area contributed by atoms with Crippen LogP contribution >= 0.6 is 0 Å². The third-order valence-corrected chi connectivity index (χ3v) is 8.02. The number of anilines is 1. The molecule has 1 aromatic heterocycles. The molecule has 1 N–H and O–H groups in total. The zero-order valence-corrected chi connectivity index (χ0v) is 22.8. The summed E-state index contributed by atoms with van der Waals surface area (Å²) in [4.78, 5) is 12.7. The number of hydrazone groups is 1. The lowest BCUT2D eigenvalue weighted by Crippen LogP contribution is -2.39. The number of benzene rings is 3. The third-order valence-electron chi connectivity index (χ3n) is 6.24. The Morgan fingerprint density at radius 2 is 1.62 bits per heavy atom. The molecule has 0 aliphatic carbocycles. The summed E-state index contributed by atoms with van der Waals surface area (Å²) < 4.78 is 69.8. The fourth-order valence-corrected chi connectivity index (χ4v) is 5.64. The largest absolute Gasteiger partial charge is 0.416 e. The number of aryl methyl sites for hydroxylation is 2. The third kappa shape index (κ3) is 6.26. The van der Waals surface area contributed by atoms with Crippen LogP contribution in [0.3, 0.4) is 0 Å². The van der Waals surface area contributed by atoms with E-state index in [2.05, 4.69) is 10.5 Å². The minimum absolute atomic E-state index is 0.167. The number of hydrogen-bond donors (Lipinski definition) is 1. The summed E-state index contributed by atoms with van der Waals surface area (Å²) in [5, 5.41) is 3.98. The summed E-state index contributed by atoms with van der Waals surface area (Å²) in [6.45, 7) is 4.80. The molecule has 0 atom stereocenters. The van der Waals surface area contributed by atoms with Gasteiger partial charge in [0.15, 0.2) is 0 Å². The van der Waals surface area contributed by atoms with E-state index in [0.717, 1.165) is 40.3 Å². The number of carbonyl (C=O) groups excluding carboxylic acids is 1. The predicted octanol–water partition coefficient (Wildman–Crippen LogP) is 5.77. The molecule has 0 spiro atoms. The summed E-state index contributed by atoms with van der Waals surface area (Å²) in [7, 11) is -4.40. The molecule has 0 radical (unpaired) electrons. The molecular weight excluding hydrogens is 541 g/mol. The average Bonchev–Trinajstić information content (AvgIpc) is 3.20. The summed E-state index contributed by atoms with van der Waals surface area (Å²) in [6.07, 6.45) is -3.27. The van der Waals surface area contributed by atoms with Gasteiger partial charge in [-0.15, -0.1) is 0 Å². The SMILES string of the molecule is Cc1ccc(S(=O)(=O)N(CC(=O)N/N=C\c2cc(C)n(-c3ccccc3)c2C)c2cccc(C(F)(F)F)c2)cc1. The van der Waals surface area contributed by atoms with Gasteiger partial charge in [-0.1, -0.05) is 42.0 Å². The average molecular weight is 569 g/mol. The van der Waals surface area contributed by atoms with Gasteiger partial charge >= 0.3 is 6.18 Å². The first kappa shape index (κ1) is 28.6. The monoisotopic (exact) mass is 568 g/mol. The van der Waals surface area contributed by atoms with E-state index in [1.54, 1.807) is 19.1 Å². The van der Waals surface area contributed by atoms with Crippen molar-refractivity contribution in [3.63, 3.8) is 0 Å². The summed E-state index contributed by atoms with van der Waals surface area (Å²) in [5.41, 5.74) is 5.24. The minimum atomic E-state index is -4.70. The molecule has 7 nitrogen and oxygen atoms in total. The van der Waals surface area contributed by atoms with E-state index in [1.165, 1.54) is 24.4 Å². The Bertz CT molecular complexity index is 1650. The predicted molar refractivity (Wildman–Crippen MR) is 148 cm³/mol. The van der Waals surface area contributed by atoms with Crippen molar-refractivity contribution >= 4 is 27.8 Å². The molecule has 1 amide bonds. The lowest BCUT2D eigenvalue weighted by molar-refractivity contribution is -0.137. The molecule has 3 aromatic carbocycles. The highest BCUT2D eigenvalue weighted by Crippen LogP contribution is 2.33. The summed E-state index contributed by atoms with van der Waals surface area (Å²) >= 11 is 0. The number of amides is 1. The van der Waals surface area contributed by atoms with Crippen LogP contribution < -0.4 is 9.73 Å². The van der Waals surface area contributed by atoms with Gasteiger partial charge in [-0.3, -0.25) is 9.10 Å². The number of halogens is 3. The molecule has 0 saturated carbocycles. The number of nitrogens with one attached hydrogen (secondary N) is 1.